The number of hydrogen-bond donors (Lipinski definition) is 2. The number of carboxylic acid groups (broad SMARTS) is 1. The lowest BCUT2D eigenvalue weighted by molar-refractivity contribution is -0.123. The van der Waals surface area contributed by atoms with Crippen LogP contribution in [0, 0.1) is 0 Å². The van der Waals surface area contributed by atoms with Gasteiger partial charge in [0, 0.05) is 36.8 Å². The summed E-state index contributed by atoms with van der Waals surface area (Å²) in [6.07, 6.45) is 11.8. The number of aryl methyl sites for hydroxylation is 2. The molecular weight excluding hydrogens is 537 g/mol. The van der Waals surface area contributed by atoms with Crippen molar-refractivity contribution in [3.05, 3.63) is 69.6 Å². The molecule has 210 valence electrons. The van der Waals surface area contributed by atoms with Crippen LogP contribution in [0.25, 0.3) is 11.3 Å². The average molecular weight is 575 g/mol. The second kappa shape index (κ2) is 16.2. The first-order valence-electron chi connectivity index (χ1n) is 13.6. The molecule has 1 aliphatic heterocycles. The number of halogens is 2. The van der Waals surface area contributed by atoms with Crippen molar-refractivity contribution < 1.29 is 19.4 Å². The third kappa shape index (κ3) is 9.59. The van der Waals surface area contributed by atoms with Crippen molar-refractivity contribution in [2.45, 2.75) is 77.8 Å². The summed E-state index contributed by atoms with van der Waals surface area (Å²) in [5.41, 5.74) is 3.78. The topological polar surface area (TPSA) is 93.5 Å². The number of benzene rings is 2. The quantitative estimate of drug-likeness (QED) is 0.168. The van der Waals surface area contributed by atoms with Crippen LogP contribution < -0.4 is 10.1 Å². The highest BCUT2D eigenvalue weighted by Gasteiger charge is 2.16. The van der Waals surface area contributed by atoms with Gasteiger partial charge in [-0.1, -0.05) is 68.3 Å². The highest BCUT2D eigenvalue weighted by atomic mass is 35.5. The number of amides is 1. The molecule has 0 spiro atoms. The average Bonchev–Trinajstić information content (AvgIpc) is 3.53. The van der Waals surface area contributed by atoms with Crippen LogP contribution in [-0.4, -0.2) is 33.6 Å². The summed E-state index contributed by atoms with van der Waals surface area (Å²) in [6.45, 7) is 4.07. The molecule has 0 saturated carbocycles. The van der Waals surface area contributed by atoms with Crippen LogP contribution in [0.5, 0.6) is 5.75 Å². The SMILES string of the molecule is CCCCCCCCOc1ccc(-c2cn3c(n2)CCC3)cc1CNC(=O)Cc1ccc(Cl)c(Cl)c1.O=CO. The van der Waals surface area contributed by atoms with Crippen LogP contribution in [-0.2, 0) is 35.5 Å². The normalized spacial score (nSPS) is 11.9. The van der Waals surface area contributed by atoms with E-state index < -0.39 is 0 Å². The number of imidazole rings is 1. The van der Waals surface area contributed by atoms with Gasteiger partial charge in [0.15, 0.2) is 0 Å². The fourth-order valence-electron chi connectivity index (χ4n) is 4.57. The van der Waals surface area contributed by atoms with Crippen LogP contribution in [0.3, 0.4) is 0 Å². The van der Waals surface area contributed by atoms with Crippen LogP contribution in [0.1, 0.15) is 68.8 Å². The van der Waals surface area contributed by atoms with Gasteiger partial charge >= 0.3 is 0 Å². The number of unbranched alkanes of at least 4 members (excludes halogenated alkanes) is 5. The molecule has 2 N–H and O–H groups in total. The van der Waals surface area contributed by atoms with Gasteiger partial charge in [-0.15, -0.1) is 0 Å². The second-order valence-electron chi connectivity index (χ2n) is 9.59. The van der Waals surface area contributed by atoms with E-state index in [1.165, 1.54) is 32.1 Å². The van der Waals surface area contributed by atoms with Crippen molar-refractivity contribution in [1.29, 1.82) is 0 Å². The Hall–Kier alpha value is -3.03. The minimum atomic E-state index is -0.250. The Morgan fingerprint density at radius 3 is 2.62 bits per heavy atom. The number of nitrogens with one attached hydrogen (secondary N) is 1. The van der Waals surface area contributed by atoms with E-state index >= 15 is 0 Å². The van der Waals surface area contributed by atoms with Crippen LogP contribution >= 0.6 is 23.2 Å². The minimum absolute atomic E-state index is 0.0818. The second-order valence-corrected chi connectivity index (χ2v) is 10.4. The standard InChI is InChI=1S/C29H35Cl2N3O2.CH2O2/c1-2-3-4-5-6-7-15-36-27-13-11-22(26-20-34-14-8-9-28(34)33-26)18-23(27)19-32-29(35)17-21-10-12-24(30)25(31)16-21;2-1-3/h10-13,16,18,20H,2-9,14-15,17,19H2,1H3,(H,32,35);1H,(H,2,3). The number of carbonyl (C=O) groups excluding carboxylic acids is 1. The Morgan fingerprint density at radius 2 is 1.87 bits per heavy atom. The van der Waals surface area contributed by atoms with Gasteiger partial charge in [0.2, 0.25) is 5.91 Å². The number of hydrogen-bond acceptors (Lipinski definition) is 4. The molecule has 0 fully saturated rings. The van der Waals surface area contributed by atoms with Gasteiger partial charge in [0.1, 0.15) is 11.6 Å². The van der Waals surface area contributed by atoms with Crippen molar-refractivity contribution >= 4 is 35.6 Å². The summed E-state index contributed by atoms with van der Waals surface area (Å²) in [5.74, 6) is 1.88. The van der Waals surface area contributed by atoms with Crippen molar-refractivity contribution in [2.24, 2.45) is 0 Å². The molecule has 1 aromatic heterocycles. The molecule has 1 aliphatic rings. The smallest absolute Gasteiger partial charge is 0.290 e. The van der Waals surface area contributed by atoms with Crippen molar-refractivity contribution in [1.82, 2.24) is 14.9 Å². The molecule has 9 heteroatoms. The Balaban J connectivity index is 0.00000134. The number of aromatic nitrogens is 2. The van der Waals surface area contributed by atoms with E-state index in [9.17, 15) is 4.79 Å². The third-order valence-corrected chi connectivity index (χ3v) is 7.33. The molecule has 0 aliphatic carbocycles. The summed E-state index contributed by atoms with van der Waals surface area (Å²) in [7, 11) is 0. The first kappa shape index (κ1) is 30.5. The van der Waals surface area contributed by atoms with Crippen LogP contribution in [0.15, 0.2) is 42.6 Å². The molecule has 2 aromatic carbocycles. The number of rotatable bonds is 13. The molecule has 39 heavy (non-hydrogen) atoms. The van der Waals surface area contributed by atoms with Crippen molar-refractivity contribution in [3.8, 4) is 17.0 Å². The predicted molar refractivity (Wildman–Crippen MR) is 156 cm³/mol. The highest BCUT2D eigenvalue weighted by molar-refractivity contribution is 6.42. The summed E-state index contributed by atoms with van der Waals surface area (Å²) >= 11 is 12.1. The number of fused-ring (bicyclic) bond motifs is 1. The molecule has 7 nitrogen and oxygen atoms in total. The van der Waals surface area contributed by atoms with Crippen LogP contribution in [0.2, 0.25) is 10.0 Å². The van der Waals surface area contributed by atoms with Gasteiger partial charge in [0.25, 0.3) is 6.47 Å². The lowest BCUT2D eigenvalue weighted by Crippen LogP contribution is -2.25. The molecule has 2 heterocycles. The molecule has 1 amide bonds. The molecule has 0 saturated heterocycles. The van der Waals surface area contributed by atoms with E-state index in [0.717, 1.165) is 59.8 Å². The zero-order valence-electron chi connectivity index (χ0n) is 22.4. The Morgan fingerprint density at radius 1 is 1.10 bits per heavy atom. The van der Waals surface area contributed by atoms with Gasteiger partial charge in [-0.3, -0.25) is 9.59 Å². The Kier molecular flexibility index (Phi) is 12.6. The van der Waals surface area contributed by atoms with Gasteiger partial charge < -0.3 is 19.7 Å². The third-order valence-electron chi connectivity index (χ3n) is 6.59. The lowest BCUT2D eigenvalue weighted by Gasteiger charge is -2.14. The Labute approximate surface area is 240 Å². The Bertz CT molecular complexity index is 1210. The monoisotopic (exact) mass is 573 g/mol. The van der Waals surface area contributed by atoms with Gasteiger partial charge in [-0.25, -0.2) is 4.98 Å². The van der Waals surface area contributed by atoms with Crippen molar-refractivity contribution in [3.63, 3.8) is 0 Å². The maximum atomic E-state index is 12.7. The van der Waals surface area contributed by atoms with E-state index in [2.05, 4.69) is 35.1 Å². The number of carbonyl (C=O) groups is 2. The van der Waals surface area contributed by atoms with E-state index in [-0.39, 0.29) is 18.8 Å². The first-order chi connectivity index (χ1) is 18.9. The number of nitrogens with zero attached hydrogens (tertiary/aromatic N) is 2. The summed E-state index contributed by atoms with van der Waals surface area (Å²) in [5, 5.41) is 10.9. The maximum Gasteiger partial charge on any atom is 0.290 e. The molecular formula is C30H37Cl2N3O4. The van der Waals surface area contributed by atoms with E-state index in [1.807, 2.05) is 12.1 Å². The molecule has 4 rings (SSSR count). The zero-order valence-corrected chi connectivity index (χ0v) is 23.9. The molecule has 0 atom stereocenters. The largest absolute Gasteiger partial charge is 0.493 e. The number of ether oxygens (including phenoxy) is 1. The highest BCUT2D eigenvalue weighted by Crippen LogP contribution is 2.29. The summed E-state index contributed by atoms with van der Waals surface area (Å²) in [6, 6.07) is 11.4. The van der Waals surface area contributed by atoms with Crippen LogP contribution in [0.4, 0.5) is 0 Å². The summed E-state index contributed by atoms with van der Waals surface area (Å²) in [4.78, 5) is 25.9. The fraction of sp³-hybridized carbons (Fsp3) is 0.433. The lowest BCUT2D eigenvalue weighted by atomic mass is 10.1. The van der Waals surface area contributed by atoms with E-state index in [1.54, 1.807) is 12.1 Å². The molecule has 3 aromatic rings. The van der Waals surface area contributed by atoms with E-state index in [4.69, 9.17) is 42.8 Å². The summed E-state index contributed by atoms with van der Waals surface area (Å²) < 4.78 is 8.40. The molecule has 0 radical (unpaired) electrons. The zero-order chi connectivity index (χ0) is 28.0. The van der Waals surface area contributed by atoms with Crippen molar-refractivity contribution in [2.75, 3.05) is 6.61 Å². The van der Waals surface area contributed by atoms with E-state index in [0.29, 0.717) is 23.2 Å². The van der Waals surface area contributed by atoms with Gasteiger partial charge in [0.05, 0.1) is 28.8 Å². The molecule has 0 unspecified atom stereocenters. The fourth-order valence-corrected chi connectivity index (χ4v) is 4.89. The predicted octanol–water partition coefficient (Wildman–Crippen LogP) is 7.10. The van der Waals surface area contributed by atoms with Gasteiger partial charge in [-0.05, 0) is 48.7 Å². The van der Waals surface area contributed by atoms with Gasteiger partial charge in [-0.2, -0.15) is 0 Å². The minimum Gasteiger partial charge on any atom is -0.493 e. The maximum absolute atomic E-state index is 12.7. The molecule has 0 bridgehead atoms. The first-order valence-corrected chi connectivity index (χ1v) is 14.3.